The number of aryl methyl sites for hydroxylation is 2. The molecular weight excluding hydrogens is 543 g/mol. The lowest BCUT2D eigenvalue weighted by atomic mass is 9.92. The number of para-hydroxylation sites is 1. The number of aliphatic hydroxyl groups is 2. The number of unbranched alkanes of at least 4 members (excludes halogenated alkanes) is 1. The molecule has 2 aromatic carbocycles. The summed E-state index contributed by atoms with van der Waals surface area (Å²) in [6.07, 6.45) is 3.16. The van der Waals surface area contributed by atoms with E-state index in [2.05, 4.69) is 4.98 Å². The van der Waals surface area contributed by atoms with Crippen LogP contribution < -0.4 is 11.5 Å². The molecule has 0 spiro atoms. The maximum Gasteiger partial charge on any atom is 0.256 e. The normalized spacial score (nSPS) is 14.1. The molecule has 1 aromatic heterocycles. The van der Waals surface area contributed by atoms with Gasteiger partial charge in [-0.3, -0.25) is 19.2 Å². The molecule has 0 aliphatic carbocycles. The van der Waals surface area contributed by atoms with Crippen LogP contribution in [0.5, 0.6) is 0 Å². The second-order valence-corrected chi connectivity index (χ2v) is 11.0. The van der Waals surface area contributed by atoms with Crippen molar-refractivity contribution >= 4 is 23.2 Å². The molecule has 1 atom stereocenters. The van der Waals surface area contributed by atoms with Gasteiger partial charge in [0.05, 0.1) is 17.1 Å². The minimum absolute atomic E-state index is 0.220. The molecule has 8 nitrogen and oxygen atoms in total. The van der Waals surface area contributed by atoms with Gasteiger partial charge in [-0.15, -0.1) is 11.8 Å². The molecule has 4 N–H and O–H groups in total. The fourth-order valence-electron chi connectivity index (χ4n) is 4.53. The maximum absolute atomic E-state index is 13.6. The Balaban J connectivity index is 1.63. The number of aliphatic imine (C=N–C) groups is 1. The van der Waals surface area contributed by atoms with Crippen molar-refractivity contribution in [3.8, 4) is 5.69 Å². The van der Waals surface area contributed by atoms with Gasteiger partial charge < -0.3 is 10.2 Å². The van der Waals surface area contributed by atoms with Crippen LogP contribution >= 0.6 is 11.8 Å². The zero-order valence-corrected chi connectivity index (χ0v) is 23.8. The van der Waals surface area contributed by atoms with Gasteiger partial charge in [0, 0.05) is 29.3 Å². The Bertz CT molecular complexity index is 1480. The van der Waals surface area contributed by atoms with Gasteiger partial charge in [0.25, 0.3) is 5.56 Å². The number of nitrogens with two attached hydrogens (primary N) is 1. The van der Waals surface area contributed by atoms with Crippen molar-refractivity contribution in [1.82, 2.24) is 9.55 Å². The van der Waals surface area contributed by atoms with Crippen molar-refractivity contribution in [3.63, 3.8) is 0 Å². The second kappa shape index (κ2) is 14.5. The summed E-state index contributed by atoms with van der Waals surface area (Å²) in [5.41, 5.74) is 2.07. The Morgan fingerprint density at radius 1 is 1.05 bits per heavy atom. The number of aliphatic hydroxyl groups excluding tert-OH is 1. The van der Waals surface area contributed by atoms with Crippen molar-refractivity contribution in [2.75, 3.05) is 5.75 Å². The fraction of sp³-hybridized carbons (Fsp3) is 0.323. The Labute approximate surface area is 243 Å². The first kappa shape index (κ1) is 30.5. The van der Waals surface area contributed by atoms with Crippen molar-refractivity contribution in [3.05, 3.63) is 107 Å². The standard InChI is InChI=1S/C31H35FN4O4S/c1-31(40-33,27-21-41-26-9-3-2-8-25(26)35-27)19-17-22-7-6-11-29(37)36(24-15-13-23(32)14-16-24)28(34-20-18-22)10-4-5-12-30(38)39/h2-3,6-9,11,13-16,18,20,30,38-39H,4-5,10,12,17,19,21,33H2,1H3. The number of benzene rings is 2. The Hall–Kier alpha value is -3.41. The molecule has 10 heteroatoms. The molecule has 1 aliphatic heterocycles. The molecule has 1 aliphatic rings. The molecule has 2 heterocycles. The summed E-state index contributed by atoms with van der Waals surface area (Å²) < 4.78 is 15.1. The molecule has 0 radical (unpaired) electrons. The number of halogens is 1. The minimum atomic E-state index is -1.39. The van der Waals surface area contributed by atoms with Crippen LogP contribution in [-0.4, -0.2) is 43.1 Å². The summed E-state index contributed by atoms with van der Waals surface area (Å²) in [4.78, 5) is 29.4. The van der Waals surface area contributed by atoms with E-state index in [9.17, 15) is 19.4 Å². The molecule has 0 bridgehead atoms. The third-order valence-electron chi connectivity index (χ3n) is 6.98. The van der Waals surface area contributed by atoms with Gasteiger partial charge in [-0.1, -0.05) is 24.3 Å². The molecule has 0 fully saturated rings. The molecule has 41 heavy (non-hydrogen) atoms. The van der Waals surface area contributed by atoms with Crippen LogP contribution in [0.1, 0.15) is 44.0 Å². The third-order valence-corrected chi connectivity index (χ3v) is 8.06. The van der Waals surface area contributed by atoms with Gasteiger partial charge in [0.15, 0.2) is 6.29 Å². The zero-order valence-electron chi connectivity index (χ0n) is 22.9. The van der Waals surface area contributed by atoms with Crippen LogP contribution in [0.2, 0.25) is 0 Å². The number of hydrogen-bond donors (Lipinski definition) is 3. The van der Waals surface area contributed by atoms with E-state index in [0.717, 1.165) is 21.9 Å². The maximum atomic E-state index is 13.6. The molecular formula is C31H35FN4O4S. The monoisotopic (exact) mass is 578 g/mol. The predicted octanol–water partition coefficient (Wildman–Crippen LogP) is 4.98. The molecule has 0 saturated carbocycles. The van der Waals surface area contributed by atoms with Crippen LogP contribution in [0.25, 0.3) is 5.69 Å². The van der Waals surface area contributed by atoms with E-state index in [1.165, 1.54) is 34.9 Å². The van der Waals surface area contributed by atoms with Crippen LogP contribution in [-0.2, 0) is 17.7 Å². The Kier molecular flexibility index (Phi) is 10.8. The first-order chi connectivity index (χ1) is 19.8. The van der Waals surface area contributed by atoms with E-state index < -0.39 is 17.7 Å². The van der Waals surface area contributed by atoms with E-state index in [-0.39, 0.29) is 12.0 Å². The van der Waals surface area contributed by atoms with E-state index in [4.69, 9.17) is 15.7 Å². The number of hydrogen-bond acceptors (Lipinski definition) is 8. The second-order valence-electron chi connectivity index (χ2n) is 10.0. The summed E-state index contributed by atoms with van der Waals surface area (Å²) in [6, 6.07) is 20.5. The summed E-state index contributed by atoms with van der Waals surface area (Å²) in [6.45, 7) is 1.93. The number of aromatic nitrogens is 2. The number of rotatable bonds is 11. The minimum Gasteiger partial charge on any atom is -0.368 e. The summed E-state index contributed by atoms with van der Waals surface area (Å²) in [5, 5.41) is 18.4. The predicted molar refractivity (Wildman–Crippen MR) is 159 cm³/mol. The van der Waals surface area contributed by atoms with Crippen LogP contribution in [0, 0.1) is 5.82 Å². The van der Waals surface area contributed by atoms with Crippen LogP contribution in [0.15, 0.2) is 93.7 Å². The Morgan fingerprint density at radius 3 is 2.59 bits per heavy atom. The molecule has 216 valence electrons. The van der Waals surface area contributed by atoms with Crippen molar-refractivity contribution < 1.29 is 19.4 Å². The average Bonchev–Trinajstić information content (AvgIpc) is 2.97. The van der Waals surface area contributed by atoms with Gasteiger partial charge in [0.1, 0.15) is 17.2 Å². The van der Waals surface area contributed by atoms with Gasteiger partial charge in [-0.25, -0.2) is 15.3 Å². The first-order valence-electron chi connectivity index (χ1n) is 13.5. The largest absolute Gasteiger partial charge is 0.368 e. The molecule has 4 rings (SSSR count). The summed E-state index contributed by atoms with van der Waals surface area (Å²) in [5.74, 6) is 6.54. The van der Waals surface area contributed by atoms with E-state index in [1.807, 2.05) is 43.3 Å². The zero-order chi connectivity index (χ0) is 29.2. The van der Waals surface area contributed by atoms with E-state index in [0.29, 0.717) is 49.4 Å². The highest BCUT2D eigenvalue weighted by atomic mass is 32.2. The topological polar surface area (TPSA) is 123 Å². The van der Waals surface area contributed by atoms with Crippen molar-refractivity contribution in [2.45, 2.75) is 62.2 Å². The highest BCUT2D eigenvalue weighted by molar-refractivity contribution is 8.00. The highest BCUT2D eigenvalue weighted by Gasteiger charge is 2.33. The van der Waals surface area contributed by atoms with Gasteiger partial charge in [-0.05, 0) is 87.1 Å². The first-order valence-corrected chi connectivity index (χ1v) is 14.5. The summed E-state index contributed by atoms with van der Waals surface area (Å²) >= 11 is 1.71. The fourth-order valence-corrected chi connectivity index (χ4v) is 5.63. The average molecular weight is 579 g/mol. The SMILES string of the molecule is CC(CCc1cccc(=O)n(-c2ccc(F)cc2)c(CCCCC(O)O)ncc1)(ON)C1=Nc2ccccc2SC1. The molecule has 0 amide bonds. The van der Waals surface area contributed by atoms with E-state index >= 15 is 0 Å². The highest BCUT2D eigenvalue weighted by Crippen LogP contribution is 2.37. The summed E-state index contributed by atoms with van der Waals surface area (Å²) in [7, 11) is 0. The Morgan fingerprint density at radius 2 is 1.83 bits per heavy atom. The lowest BCUT2D eigenvalue weighted by molar-refractivity contribution is -0.0465. The third kappa shape index (κ3) is 8.31. The smallest absolute Gasteiger partial charge is 0.256 e. The van der Waals surface area contributed by atoms with Gasteiger partial charge >= 0.3 is 0 Å². The lowest BCUT2D eigenvalue weighted by Gasteiger charge is -2.31. The van der Waals surface area contributed by atoms with Crippen molar-refractivity contribution in [2.24, 2.45) is 10.9 Å². The van der Waals surface area contributed by atoms with Gasteiger partial charge in [0.2, 0.25) is 0 Å². The number of nitrogens with zero attached hydrogens (tertiary/aromatic N) is 3. The quantitative estimate of drug-likeness (QED) is 0.167. The molecule has 0 saturated heterocycles. The molecule has 1 unspecified atom stereocenters. The number of thioether (sulfide) groups is 1. The van der Waals surface area contributed by atoms with Crippen LogP contribution in [0.4, 0.5) is 10.1 Å². The molecule has 3 aromatic rings. The van der Waals surface area contributed by atoms with Crippen molar-refractivity contribution in [1.29, 1.82) is 0 Å². The van der Waals surface area contributed by atoms with Crippen LogP contribution in [0.3, 0.4) is 0 Å². The number of fused-ring (bicyclic) bond motifs is 1. The van der Waals surface area contributed by atoms with E-state index in [1.54, 1.807) is 24.0 Å². The lowest BCUT2D eigenvalue weighted by Crippen LogP contribution is -2.43. The van der Waals surface area contributed by atoms with Gasteiger partial charge in [-0.2, -0.15) is 0 Å².